The number of nitrogens with one attached hydrogen (secondary N) is 1. The van der Waals surface area contributed by atoms with Crippen molar-refractivity contribution < 1.29 is 29.2 Å². The summed E-state index contributed by atoms with van der Waals surface area (Å²) in [6.45, 7) is 3.48. The van der Waals surface area contributed by atoms with Gasteiger partial charge >= 0.3 is 5.69 Å². The number of ether oxygens (including phenoxy) is 3. The molecule has 4 aromatic rings. The first-order valence-corrected chi connectivity index (χ1v) is 14.4. The summed E-state index contributed by atoms with van der Waals surface area (Å²) < 4.78 is 18.4. The summed E-state index contributed by atoms with van der Waals surface area (Å²) in [5, 5.41) is 26.5. The van der Waals surface area contributed by atoms with Gasteiger partial charge in [-0.15, -0.1) is 0 Å². The molecule has 1 fully saturated rings. The van der Waals surface area contributed by atoms with Crippen molar-refractivity contribution in [1.29, 1.82) is 0 Å². The van der Waals surface area contributed by atoms with Crippen LogP contribution in [0.1, 0.15) is 43.2 Å². The molecular formula is C34H37N3O7. The van der Waals surface area contributed by atoms with Crippen LogP contribution in [0.3, 0.4) is 0 Å². The van der Waals surface area contributed by atoms with Gasteiger partial charge in [0, 0.05) is 18.5 Å². The summed E-state index contributed by atoms with van der Waals surface area (Å²) in [6, 6.07) is 25.9. The molecule has 5 rings (SSSR count). The number of carbonyl (C=O) groups excluding carboxylic acids is 1. The third-order valence-corrected chi connectivity index (χ3v) is 8.13. The van der Waals surface area contributed by atoms with Crippen LogP contribution in [0.5, 0.6) is 11.5 Å². The van der Waals surface area contributed by atoms with E-state index >= 15 is 0 Å². The highest BCUT2D eigenvalue weighted by atomic mass is 16.5. The van der Waals surface area contributed by atoms with Gasteiger partial charge in [-0.1, -0.05) is 68.4 Å². The van der Waals surface area contributed by atoms with Crippen LogP contribution in [-0.4, -0.2) is 58.2 Å². The molecule has 1 aromatic heterocycles. The number of hydrogen-bond donors (Lipinski definition) is 3. The number of hydrogen-bond acceptors (Lipinski definition) is 8. The fourth-order valence-corrected chi connectivity index (χ4v) is 5.77. The van der Waals surface area contributed by atoms with Crippen molar-refractivity contribution in [3.05, 3.63) is 118 Å². The Labute approximate surface area is 255 Å². The minimum atomic E-state index is -1.32. The molecule has 2 heterocycles. The van der Waals surface area contributed by atoms with Gasteiger partial charge in [0.2, 0.25) is 5.91 Å². The fraction of sp³-hybridized carbons (Fsp3) is 0.324. The number of aromatic nitrogens is 2. The summed E-state index contributed by atoms with van der Waals surface area (Å²) in [5.74, 6) is 0.882. The molecule has 1 amide bonds. The van der Waals surface area contributed by atoms with E-state index in [-0.39, 0.29) is 24.1 Å². The quantitative estimate of drug-likeness (QED) is 0.234. The number of anilines is 1. The third-order valence-electron chi connectivity index (χ3n) is 8.13. The zero-order chi connectivity index (χ0) is 31.4. The predicted molar refractivity (Wildman–Crippen MR) is 165 cm³/mol. The van der Waals surface area contributed by atoms with Gasteiger partial charge in [-0.3, -0.25) is 9.36 Å². The predicted octanol–water partition coefficient (Wildman–Crippen LogP) is 3.90. The van der Waals surface area contributed by atoms with E-state index in [1.165, 1.54) is 16.8 Å². The van der Waals surface area contributed by atoms with Gasteiger partial charge in [-0.05, 0) is 47.0 Å². The van der Waals surface area contributed by atoms with Gasteiger partial charge in [0.15, 0.2) is 0 Å². The molecule has 10 nitrogen and oxygen atoms in total. The Kier molecular flexibility index (Phi) is 9.14. The lowest BCUT2D eigenvalue weighted by Gasteiger charge is -2.43. The molecule has 10 heteroatoms. The molecule has 0 aliphatic carbocycles. The van der Waals surface area contributed by atoms with Crippen LogP contribution in [0.15, 0.2) is 95.9 Å². The van der Waals surface area contributed by atoms with Crippen LogP contribution < -0.4 is 20.5 Å². The lowest BCUT2D eigenvalue weighted by atomic mass is 9.64. The number of aliphatic hydroxyl groups excluding tert-OH is 2. The Morgan fingerprint density at radius 2 is 1.48 bits per heavy atom. The molecule has 3 N–H and O–H groups in total. The summed E-state index contributed by atoms with van der Waals surface area (Å²) in [5.41, 5.74) is 0.384. The number of rotatable bonds is 10. The SMILES string of the molecule is COc1ccc(C(c2ccccc2)(c2ccc(OC)cc2)C(O)[C@H]2O[C@@H](n3ccc(NC(=O)C(C)C)nc3=O)C[C@@H]2O)cc1. The highest BCUT2D eigenvalue weighted by molar-refractivity contribution is 5.91. The summed E-state index contributed by atoms with van der Waals surface area (Å²) >= 11 is 0. The summed E-state index contributed by atoms with van der Waals surface area (Å²) in [4.78, 5) is 29.1. The number of amides is 1. The van der Waals surface area contributed by atoms with Crippen LogP contribution >= 0.6 is 0 Å². The second-order valence-corrected chi connectivity index (χ2v) is 11.1. The molecular weight excluding hydrogens is 562 g/mol. The largest absolute Gasteiger partial charge is 0.497 e. The summed E-state index contributed by atoms with van der Waals surface area (Å²) in [6.07, 6.45) is -2.94. The van der Waals surface area contributed by atoms with Crippen LogP contribution in [-0.2, 0) is 14.9 Å². The molecule has 0 radical (unpaired) electrons. The first kappa shape index (κ1) is 30.9. The van der Waals surface area contributed by atoms with Crippen molar-refractivity contribution >= 4 is 11.7 Å². The van der Waals surface area contributed by atoms with E-state index in [1.54, 1.807) is 28.1 Å². The molecule has 0 saturated carbocycles. The minimum Gasteiger partial charge on any atom is -0.497 e. The molecule has 1 unspecified atom stereocenters. The number of nitrogens with zero attached hydrogens (tertiary/aromatic N) is 2. The second-order valence-electron chi connectivity index (χ2n) is 11.1. The molecule has 1 aliphatic rings. The van der Waals surface area contributed by atoms with E-state index in [2.05, 4.69) is 10.3 Å². The average molecular weight is 600 g/mol. The third kappa shape index (κ3) is 5.84. The Morgan fingerprint density at radius 3 is 1.98 bits per heavy atom. The van der Waals surface area contributed by atoms with Crippen LogP contribution in [0, 0.1) is 5.92 Å². The van der Waals surface area contributed by atoms with Crippen LogP contribution in [0.4, 0.5) is 5.82 Å². The monoisotopic (exact) mass is 599 g/mol. The Hall–Kier alpha value is -4.51. The number of carbonyl (C=O) groups is 1. The number of benzene rings is 3. The smallest absolute Gasteiger partial charge is 0.351 e. The first-order chi connectivity index (χ1) is 21.2. The van der Waals surface area contributed by atoms with Gasteiger partial charge in [0.1, 0.15) is 35.8 Å². The van der Waals surface area contributed by atoms with Gasteiger partial charge in [0.25, 0.3) is 0 Å². The lowest BCUT2D eigenvalue weighted by molar-refractivity contribution is -0.118. The van der Waals surface area contributed by atoms with Crippen molar-refractivity contribution in [2.45, 2.75) is 50.2 Å². The Bertz CT molecular complexity index is 1570. The zero-order valence-corrected chi connectivity index (χ0v) is 25.1. The van der Waals surface area contributed by atoms with Crippen LogP contribution in [0.25, 0.3) is 0 Å². The van der Waals surface area contributed by atoms with E-state index in [9.17, 15) is 19.8 Å². The number of aliphatic hydroxyl groups is 2. The normalized spacial score (nSPS) is 19.0. The molecule has 4 atom stereocenters. The minimum absolute atomic E-state index is 0.0388. The van der Waals surface area contributed by atoms with E-state index in [0.717, 1.165) is 16.7 Å². The van der Waals surface area contributed by atoms with E-state index in [1.807, 2.05) is 78.9 Å². The molecule has 0 bridgehead atoms. The lowest BCUT2D eigenvalue weighted by Crippen LogP contribution is -2.51. The van der Waals surface area contributed by atoms with E-state index in [0.29, 0.717) is 11.5 Å². The Morgan fingerprint density at radius 1 is 0.932 bits per heavy atom. The van der Waals surface area contributed by atoms with E-state index in [4.69, 9.17) is 14.2 Å². The average Bonchev–Trinajstić information content (AvgIpc) is 3.43. The van der Waals surface area contributed by atoms with Crippen LogP contribution in [0.2, 0.25) is 0 Å². The van der Waals surface area contributed by atoms with Crippen molar-refractivity contribution in [2.24, 2.45) is 5.92 Å². The molecule has 44 heavy (non-hydrogen) atoms. The maximum absolute atomic E-state index is 13.0. The maximum atomic E-state index is 13.0. The standard InChI is InChI=1S/C34H37N3O7/c1-21(2)32(40)35-28-18-19-37(33(41)36-28)29-20-27(38)30(44-29)31(39)34(22-8-6-5-7-9-22,23-10-14-25(42-3)15-11-23)24-12-16-26(43-4)17-13-24/h5-19,21,27,29-31,38-39H,20H2,1-4H3,(H,35,36,40,41)/t27-,29+,30-,31?/m0/s1. The highest BCUT2D eigenvalue weighted by Gasteiger charge is 2.52. The Balaban J connectivity index is 1.58. The maximum Gasteiger partial charge on any atom is 0.351 e. The van der Waals surface area contributed by atoms with E-state index < -0.39 is 35.6 Å². The summed E-state index contributed by atoms with van der Waals surface area (Å²) in [7, 11) is 3.17. The van der Waals surface area contributed by atoms with Gasteiger partial charge in [0.05, 0.1) is 25.7 Å². The molecule has 230 valence electrons. The fourth-order valence-electron chi connectivity index (χ4n) is 5.77. The van der Waals surface area contributed by atoms with Crippen molar-refractivity contribution in [3.8, 4) is 11.5 Å². The second kappa shape index (κ2) is 13.0. The van der Waals surface area contributed by atoms with Crippen molar-refractivity contribution in [1.82, 2.24) is 9.55 Å². The van der Waals surface area contributed by atoms with Gasteiger partial charge in [-0.25, -0.2) is 4.79 Å². The molecule has 0 spiro atoms. The molecule has 1 aliphatic heterocycles. The van der Waals surface area contributed by atoms with Crippen molar-refractivity contribution in [2.75, 3.05) is 19.5 Å². The van der Waals surface area contributed by atoms with Crippen molar-refractivity contribution in [3.63, 3.8) is 0 Å². The van der Waals surface area contributed by atoms with Gasteiger partial charge in [-0.2, -0.15) is 4.98 Å². The highest BCUT2D eigenvalue weighted by Crippen LogP contribution is 2.47. The number of methoxy groups -OCH3 is 2. The topological polar surface area (TPSA) is 132 Å². The van der Waals surface area contributed by atoms with Gasteiger partial charge < -0.3 is 29.7 Å². The molecule has 1 saturated heterocycles. The zero-order valence-electron chi connectivity index (χ0n) is 25.1. The molecule has 3 aromatic carbocycles. The first-order valence-electron chi connectivity index (χ1n) is 14.4.